The molecule has 3 aromatic carbocycles. The quantitative estimate of drug-likeness (QED) is 0.452. The zero-order chi connectivity index (χ0) is 21.5. The van der Waals surface area contributed by atoms with Crippen molar-refractivity contribution in [2.45, 2.75) is 32.7 Å². The molecule has 1 amide bonds. The number of aromatic nitrogens is 2. The summed E-state index contributed by atoms with van der Waals surface area (Å²) in [6.45, 7) is 5.07. The molecule has 1 saturated heterocycles. The predicted molar refractivity (Wildman–Crippen MR) is 121 cm³/mol. The van der Waals surface area contributed by atoms with Gasteiger partial charge in [-0.25, -0.2) is 9.37 Å². The zero-order valence-electron chi connectivity index (χ0n) is 17.7. The number of nitrogens with zero attached hydrogens (tertiary/aromatic N) is 3. The van der Waals surface area contributed by atoms with Crippen LogP contribution >= 0.6 is 0 Å². The summed E-state index contributed by atoms with van der Waals surface area (Å²) in [6, 6.07) is 20.8. The standard InChI is InChI=1S/C26H24FN3O/c1-17-8-7-13-23(18(17)2)29-16-20(14-25(29)31)26-28-22-11-5-6-12-24(22)30(26)15-19-9-3-4-10-21(19)27/h3-13,20H,14-16H2,1-2H3/t20-/m0/s1. The molecule has 0 bridgehead atoms. The lowest BCUT2D eigenvalue weighted by Crippen LogP contribution is -2.25. The monoisotopic (exact) mass is 413 g/mol. The Morgan fingerprint density at radius 1 is 1.00 bits per heavy atom. The summed E-state index contributed by atoms with van der Waals surface area (Å²) >= 11 is 0. The van der Waals surface area contributed by atoms with Crippen LogP contribution < -0.4 is 4.90 Å². The Morgan fingerprint density at radius 2 is 1.77 bits per heavy atom. The minimum absolute atomic E-state index is 0.0495. The number of para-hydroxylation sites is 2. The molecule has 1 fully saturated rings. The number of rotatable bonds is 4. The molecule has 4 nitrogen and oxygen atoms in total. The van der Waals surface area contributed by atoms with Crippen LogP contribution in [-0.4, -0.2) is 22.0 Å². The van der Waals surface area contributed by atoms with Gasteiger partial charge in [0.2, 0.25) is 5.91 Å². The maximum absolute atomic E-state index is 14.4. The summed E-state index contributed by atoms with van der Waals surface area (Å²) < 4.78 is 16.5. The Balaban J connectivity index is 1.55. The lowest BCUT2D eigenvalue weighted by atomic mass is 10.1. The number of imidazole rings is 1. The second kappa shape index (κ2) is 7.65. The van der Waals surface area contributed by atoms with E-state index in [2.05, 4.69) is 24.5 Å². The van der Waals surface area contributed by atoms with E-state index in [1.165, 1.54) is 11.6 Å². The van der Waals surface area contributed by atoms with Gasteiger partial charge < -0.3 is 9.47 Å². The number of hydrogen-bond donors (Lipinski definition) is 0. The summed E-state index contributed by atoms with van der Waals surface area (Å²) in [7, 11) is 0. The van der Waals surface area contributed by atoms with Crippen molar-refractivity contribution in [3.05, 3.63) is 95.1 Å². The highest BCUT2D eigenvalue weighted by molar-refractivity contribution is 5.97. The second-order valence-corrected chi connectivity index (χ2v) is 8.26. The average molecular weight is 413 g/mol. The van der Waals surface area contributed by atoms with Crippen LogP contribution in [0.15, 0.2) is 66.7 Å². The van der Waals surface area contributed by atoms with E-state index in [9.17, 15) is 9.18 Å². The highest BCUT2D eigenvalue weighted by atomic mass is 19.1. The molecular formula is C26H24FN3O. The smallest absolute Gasteiger partial charge is 0.227 e. The molecule has 0 saturated carbocycles. The topological polar surface area (TPSA) is 38.1 Å². The van der Waals surface area contributed by atoms with Crippen LogP contribution in [0.4, 0.5) is 10.1 Å². The predicted octanol–water partition coefficient (Wildman–Crippen LogP) is 5.36. The lowest BCUT2D eigenvalue weighted by molar-refractivity contribution is -0.117. The molecule has 5 heteroatoms. The van der Waals surface area contributed by atoms with Crippen LogP contribution in [0.1, 0.15) is 34.9 Å². The number of fused-ring (bicyclic) bond motifs is 1. The lowest BCUT2D eigenvalue weighted by Gasteiger charge is -2.20. The van der Waals surface area contributed by atoms with Crippen molar-refractivity contribution < 1.29 is 9.18 Å². The van der Waals surface area contributed by atoms with E-state index in [1.807, 2.05) is 47.4 Å². The first-order valence-corrected chi connectivity index (χ1v) is 10.6. The van der Waals surface area contributed by atoms with Crippen molar-refractivity contribution in [3.8, 4) is 0 Å². The number of carbonyl (C=O) groups excluding carboxylic acids is 1. The maximum Gasteiger partial charge on any atom is 0.227 e. The van der Waals surface area contributed by atoms with Crippen LogP contribution in [0.3, 0.4) is 0 Å². The molecule has 0 unspecified atom stereocenters. The number of carbonyl (C=O) groups is 1. The molecule has 1 aliphatic rings. The van der Waals surface area contributed by atoms with E-state index in [0.29, 0.717) is 25.1 Å². The third-order valence-corrected chi connectivity index (χ3v) is 6.33. The molecule has 1 aliphatic heterocycles. The van der Waals surface area contributed by atoms with Gasteiger partial charge in [0, 0.05) is 30.1 Å². The number of benzene rings is 3. The van der Waals surface area contributed by atoms with E-state index in [4.69, 9.17) is 4.98 Å². The van der Waals surface area contributed by atoms with Gasteiger partial charge in [-0.05, 0) is 49.2 Å². The summed E-state index contributed by atoms with van der Waals surface area (Å²) in [5.74, 6) is 0.658. The summed E-state index contributed by atoms with van der Waals surface area (Å²) in [6.07, 6.45) is 0.397. The number of amides is 1. The highest BCUT2D eigenvalue weighted by Gasteiger charge is 2.35. The molecule has 156 valence electrons. The Morgan fingerprint density at radius 3 is 2.61 bits per heavy atom. The van der Waals surface area contributed by atoms with Crippen molar-refractivity contribution in [1.82, 2.24) is 9.55 Å². The largest absolute Gasteiger partial charge is 0.323 e. The first kappa shape index (κ1) is 19.5. The van der Waals surface area contributed by atoms with Crippen molar-refractivity contribution in [1.29, 1.82) is 0 Å². The van der Waals surface area contributed by atoms with E-state index in [0.717, 1.165) is 28.1 Å². The van der Waals surface area contributed by atoms with Gasteiger partial charge in [0.25, 0.3) is 0 Å². The van der Waals surface area contributed by atoms with Crippen LogP contribution in [0.2, 0.25) is 0 Å². The van der Waals surface area contributed by atoms with Gasteiger partial charge in [-0.2, -0.15) is 0 Å². The molecule has 1 atom stereocenters. The van der Waals surface area contributed by atoms with Gasteiger partial charge in [-0.1, -0.05) is 42.5 Å². The van der Waals surface area contributed by atoms with Crippen LogP contribution in [0, 0.1) is 19.7 Å². The summed E-state index contributed by atoms with van der Waals surface area (Å²) in [5.41, 5.74) is 5.69. The molecule has 2 heterocycles. The molecule has 1 aromatic heterocycles. The summed E-state index contributed by atoms with van der Waals surface area (Å²) in [5, 5.41) is 0. The first-order valence-electron chi connectivity index (χ1n) is 10.6. The minimum Gasteiger partial charge on any atom is -0.323 e. The fourth-order valence-corrected chi connectivity index (χ4v) is 4.51. The SMILES string of the molecule is Cc1cccc(N2C[C@@H](c3nc4ccccc4n3Cc3ccccc3F)CC2=O)c1C. The van der Waals surface area contributed by atoms with Crippen molar-refractivity contribution in [2.75, 3.05) is 11.4 Å². The molecule has 0 aliphatic carbocycles. The molecule has 4 aromatic rings. The minimum atomic E-state index is -0.231. The number of hydrogen-bond acceptors (Lipinski definition) is 2. The van der Waals surface area contributed by atoms with Crippen LogP contribution in [0.5, 0.6) is 0 Å². The molecule has 0 N–H and O–H groups in total. The Kier molecular flexibility index (Phi) is 4.81. The summed E-state index contributed by atoms with van der Waals surface area (Å²) in [4.78, 5) is 19.7. The van der Waals surface area contributed by atoms with Crippen LogP contribution in [0.25, 0.3) is 11.0 Å². The third-order valence-electron chi connectivity index (χ3n) is 6.33. The van der Waals surface area contributed by atoms with Crippen molar-refractivity contribution >= 4 is 22.6 Å². The van der Waals surface area contributed by atoms with E-state index in [1.54, 1.807) is 12.1 Å². The van der Waals surface area contributed by atoms with Gasteiger partial charge in [-0.3, -0.25) is 4.79 Å². The van der Waals surface area contributed by atoms with E-state index >= 15 is 0 Å². The number of anilines is 1. The zero-order valence-corrected chi connectivity index (χ0v) is 17.7. The van der Waals surface area contributed by atoms with E-state index in [-0.39, 0.29) is 17.6 Å². The van der Waals surface area contributed by atoms with Gasteiger partial charge in [0.05, 0.1) is 17.6 Å². The maximum atomic E-state index is 14.4. The third kappa shape index (κ3) is 3.40. The fraction of sp³-hybridized carbons (Fsp3) is 0.231. The normalized spacial score (nSPS) is 16.4. The molecule has 31 heavy (non-hydrogen) atoms. The van der Waals surface area contributed by atoms with Gasteiger partial charge in [-0.15, -0.1) is 0 Å². The molecule has 5 rings (SSSR count). The molecule has 0 spiro atoms. The number of halogens is 1. The Bertz CT molecular complexity index is 1290. The molecular weight excluding hydrogens is 389 g/mol. The average Bonchev–Trinajstić information content (AvgIpc) is 3.32. The van der Waals surface area contributed by atoms with Gasteiger partial charge >= 0.3 is 0 Å². The molecule has 0 radical (unpaired) electrons. The van der Waals surface area contributed by atoms with Crippen molar-refractivity contribution in [2.24, 2.45) is 0 Å². The highest BCUT2D eigenvalue weighted by Crippen LogP contribution is 2.35. The van der Waals surface area contributed by atoms with Crippen molar-refractivity contribution in [3.63, 3.8) is 0 Å². The number of aryl methyl sites for hydroxylation is 1. The Hall–Kier alpha value is -3.47. The second-order valence-electron chi connectivity index (χ2n) is 8.26. The first-order chi connectivity index (χ1) is 15.0. The van der Waals surface area contributed by atoms with Gasteiger partial charge in [0.1, 0.15) is 11.6 Å². The van der Waals surface area contributed by atoms with E-state index < -0.39 is 0 Å². The fourth-order valence-electron chi connectivity index (χ4n) is 4.51. The van der Waals surface area contributed by atoms with Gasteiger partial charge in [0.15, 0.2) is 0 Å². The van der Waals surface area contributed by atoms with Crippen LogP contribution in [-0.2, 0) is 11.3 Å². The Labute approximate surface area is 181 Å².